The van der Waals surface area contributed by atoms with E-state index in [2.05, 4.69) is 17.6 Å². The highest BCUT2D eigenvalue weighted by molar-refractivity contribution is 5.76. The van der Waals surface area contributed by atoms with E-state index in [1.54, 1.807) is 0 Å². The molecule has 0 aromatic heterocycles. The molecule has 3 unspecified atom stereocenters. The van der Waals surface area contributed by atoms with Crippen molar-refractivity contribution >= 4 is 11.9 Å². The van der Waals surface area contributed by atoms with Crippen molar-refractivity contribution in [3.8, 4) is 0 Å². The molecule has 20 heavy (non-hydrogen) atoms. The number of carboxylic acid groups (broad SMARTS) is 1. The third kappa shape index (κ3) is 6.89. The maximum Gasteiger partial charge on any atom is 0.303 e. The molecule has 116 valence electrons. The van der Waals surface area contributed by atoms with Gasteiger partial charge in [-0.15, -0.1) is 0 Å². The molecule has 0 spiro atoms. The maximum atomic E-state index is 12.0. The van der Waals surface area contributed by atoms with Crippen LogP contribution in [-0.2, 0) is 9.59 Å². The summed E-state index contributed by atoms with van der Waals surface area (Å²) in [5.41, 5.74) is 0. The summed E-state index contributed by atoms with van der Waals surface area (Å²) in [6.45, 7) is 6.19. The second kappa shape index (κ2) is 8.95. The molecule has 0 aromatic rings. The zero-order chi connectivity index (χ0) is 15.0. The van der Waals surface area contributed by atoms with Gasteiger partial charge in [-0.3, -0.25) is 9.59 Å². The van der Waals surface area contributed by atoms with E-state index >= 15 is 0 Å². The van der Waals surface area contributed by atoms with E-state index in [-0.39, 0.29) is 18.4 Å². The molecule has 1 heterocycles. The molecular weight excluding hydrogens is 256 g/mol. The number of hydrogen-bond donors (Lipinski definition) is 3. The first-order chi connectivity index (χ1) is 9.49. The zero-order valence-corrected chi connectivity index (χ0v) is 12.7. The monoisotopic (exact) mass is 284 g/mol. The van der Waals surface area contributed by atoms with Crippen molar-refractivity contribution < 1.29 is 14.7 Å². The number of rotatable bonds is 8. The molecule has 1 rings (SSSR count). The Balaban J connectivity index is 2.19. The van der Waals surface area contributed by atoms with Crippen LogP contribution in [-0.4, -0.2) is 36.1 Å². The smallest absolute Gasteiger partial charge is 0.303 e. The summed E-state index contributed by atoms with van der Waals surface area (Å²) < 4.78 is 0. The van der Waals surface area contributed by atoms with Crippen LogP contribution in [0.5, 0.6) is 0 Å². The van der Waals surface area contributed by atoms with Gasteiger partial charge < -0.3 is 15.7 Å². The first-order valence-electron chi connectivity index (χ1n) is 7.71. The number of piperidine rings is 1. The summed E-state index contributed by atoms with van der Waals surface area (Å²) in [4.78, 5) is 22.4. The third-order valence-corrected chi connectivity index (χ3v) is 4.08. The van der Waals surface area contributed by atoms with Crippen molar-refractivity contribution in [2.24, 2.45) is 11.8 Å². The Morgan fingerprint density at radius 2 is 2.15 bits per heavy atom. The van der Waals surface area contributed by atoms with Crippen LogP contribution in [0.25, 0.3) is 0 Å². The predicted octanol–water partition coefficient (Wildman–Crippen LogP) is 1.77. The van der Waals surface area contributed by atoms with Gasteiger partial charge in [0.25, 0.3) is 0 Å². The van der Waals surface area contributed by atoms with Crippen molar-refractivity contribution in [1.82, 2.24) is 10.6 Å². The van der Waals surface area contributed by atoms with Crippen LogP contribution in [0.2, 0.25) is 0 Å². The fourth-order valence-corrected chi connectivity index (χ4v) is 2.79. The van der Waals surface area contributed by atoms with Gasteiger partial charge in [0, 0.05) is 18.9 Å². The number of aliphatic carboxylic acids is 1. The van der Waals surface area contributed by atoms with Crippen LogP contribution in [0.3, 0.4) is 0 Å². The molecular formula is C15H28N2O3. The van der Waals surface area contributed by atoms with Gasteiger partial charge in [0.1, 0.15) is 0 Å². The summed E-state index contributed by atoms with van der Waals surface area (Å²) in [7, 11) is 0. The van der Waals surface area contributed by atoms with Crippen molar-refractivity contribution in [3.05, 3.63) is 0 Å². The van der Waals surface area contributed by atoms with Crippen LogP contribution >= 0.6 is 0 Å². The molecule has 5 nitrogen and oxygen atoms in total. The van der Waals surface area contributed by atoms with Crippen molar-refractivity contribution in [2.75, 3.05) is 13.1 Å². The molecule has 0 bridgehead atoms. The summed E-state index contributed by atoms with van der Waals surface area (Å²) >= 11 is 0. The second-order valence-electron chi connectivity index (χ2n) is 6.04. The minimum atomic E-state index is -0.776. The van der Waals surface area contributed by atoms with E-state index in [0.29, 0.717) is 24.7 Å². The fourth-order valence-electron chi connectivity index (χ4n) is 2.79. The predicted molar refractivity (Wildman–Crippen MR) is 78.5 cm³/mol. The molecule has 1 amide bonds. The SMILES string of the molecule is CC(CCCC(=O)O)NC(=O)CC(C)C1CCCNC1. The van der Waals surface area contributed by atoms with E-state index in [4.69, 9.17) is 5.11 Å². The summed E-state index contributed by atoms with van der Waals surface area (Å²) in [5, 5.41) is 14.9. The van der Waals surface area contributed by atoms with Gasteiger partial charge >= 0.3 is 5.97 Å². The molecule has 1 aliphatic heterocycles. The standard InChI is InChI=1S/C15H28N2O3/c1-11(13-6-4-8-16-10-13)9-14(18)17-12(2)5-3-7-15(19)20/h11-13,16H,3-10H2,1-2H3,(H,17,18)(H,19,20). The molecule has 0 aliphatic carbocycles. The van der Waals surface area contributed by atoms with Gasteiger partial charge in [0.2, 0.25) is 5.91 Å². The fraction of sp³-hybridized carbons (Fsp3) is 0.867. The highest BCUT2D eigenvalue weighted by Gasteiger charge is 2.22. The first kappa shape index (κ1) is 17.0. The van der Waals surface area contributed by atoms with E-state index in [0.717, 1.165) is 19.5 Å². The minimum absolute atomic E-state index is 0.0542. The Hall–Kier alpha value is -1.10. The van der Waals surface area contributed by atoms with Crippen LogP contribution in [0.15, 0.2) is 0 Å². The number of hydrogen-bond acceptors (Lipinski definition) is 3. The van der Waals surface area contributed by atoms with E-state index in [9.17, 15) is 9.59 Å². The number of carbonyl (C=O) groups is 2. The topological polar surface area (TPSA) is 78.4 Å². The molecule has 5 heteroatoms. The Bertz CT molecular complexity index is 314. The molecule has 3 N–H and O–H groups in total. The van der Waals surface area contributed by atoms with Gasteiger partial charge in [0.05, 0.1) is 0 Å². The van der Waals surface area contributed by atoms with Crippen LogP contribution in [0.1, 0.15) is 52.4 Å². The molecule has 1 fully saturated rings. The number of amides is 1. The molecule has 1 aliphatic rings. The average Bonchev–Trinajstić information content (AvgIpc) is 2.38. The quantitative estimate of drug-likeness (QED) is 0.635. The maximum absolute atomic E-state index is 12.0. The van der Waals surface area contributed by atoms with Crippen LogP contribution in [0.4, 0.5) is 0 Å². The number of nitrogens with one attached hydrogen (secondary N) is 2. The summed E-state index contributed by atoms with van der Waals surface area (Å²) in [6, 6.07) is 0.0542. The van der Waals surface area contributed by atoms with Gasteiger partial charge in [-0.2, -0.15) is 0 Å². The first-order valence-corrected chi connectivity index (χ1v) is 7.71. The van der Waals surface area contributed by atoms with Gasteiger partial charge in [-0.1, -0.05) is 6.92 Å². The molecule has 3 atom stereocenters. The van der Waals surface area contributed by atoms with Crippen LogP contribution < -0.4 is 10.6 Å². The zero-order valence-electron chi connectivity index (χ0n) is 12.7. The second-order valence-corrected chi connectivity index (χ2v) is 6.04. The number of carboxylic acids is 1. The molecule has 0 radical (unpaired) electrons. The van der Waals surface area contributed by atoms with Crippen molar-refractivity contribution in [2.45, 2.75) is 58.4 Å². The highest BCUT2D eigenvalue weighted by atomic mass is 16.4. The molecule has 0 saturated carbocycles. The van der Waals surface area contributed by atoms with Gasteiger partial charge in [0.15, 0.2) is 0 Å². The Kier molecular flexibility index (Phi) is 7.59. The molecule has 0 aromatic carbocycles. The Labute approximate surface area is 121 Å². The number of carbonyl (C=O) groups excluding carboxylic acids is 1. The van der Waals surface area contributed by atoms with E-state index in [1.165, 1.54) is 12.8 Å². The summed E-state index contributed by atoms with van der Waals surface area (Å²) in [5.74, 6) is 0.304. The Morgan fingerprint density at radius 3 is 2.75 bits per heavy atom. The lowest BCUT2D eigenvalue weighted by Gasteiger charge is -2.28. The molecule has 1 saturated heterocycles. The lowest BCUT2D eigenvalue weighted by atomic mass is 9.85. The lowest BCUT2D eigenvalue weighted by molar-refractivity contribution is -0.137. The lowest BCUT2D eigenvalue weighted by Crippen LogP contribution is -2.37. The summed E-state index contributed by atoms with van der Waals surface area (Å²) in [6.07, 6.45) is 4.47. The van der Waals surface area contributed by atoms with Crippen LogP contribution in [0, 0.1) is 11.8 Å². The minimum Gasteiger partial charge on any atom is -0.481 e. The van der Waals surface area contributed by atoms with Crippen molar-refractivity contribution in [1.29, 1.82) is 0 Å². The van der Waals surface area contributed by atoms with E-state index < -0.39 is 5.97 Å². The average molecular weight is 284 g/mol. The Morgan fingerprint density at radius 1 is 1.40 bits per heavy atom. The largest absolute Gasteiger partial charge is 0.481 e. The van der Waals surface area contributed by atoms with Crippen molar-refractivity contribution in [3.63, 3.8) is 0 Å². The third-order valence-electron chi connectivity index (χ3n) is 4.08. The highest BCUT2D eigenvalue weighted by Crippen LogP contribution is 2.22. The van der Waals surface area contributed by atoms with Gasteiger partial charge in [-0.25, -0.2) is 0 Å². The normalized spacial score (nSPS) is 22.0. The van der Waals surface area contributed by atoms with E-state index in [1.807, 2.05) is 6.92 Å². The van der Waals surface area contributed by atoms with Gasteiger partial charge in [-0.05, 0) is 57.5 Å².